The van der Waals surface area contributed by atoms with Crippen molar-refractivity contribution in [2.24, 2.45) is 0 Å². The van der Waals surface area contributed by atoms with Crippen molar-refractivity contribution < 1.29 is 20.1 Å². The Labute approximate surface area is 161 Å². The van der Waals surface area contributed by atoms with Gasteiger partial charge in [0.05, 0.1) is 23.3 Å². The minimum atomic E-state index is 0. The van der Waals surface area contributed by atoms with Crippen molar-refractivity contribution in [3.05, 3.63) is 97.2 Å². The Morgan fingerprint density at radius 1 is 0.480 bits per heavy atom. The van der Waals surface area contributed by atoms with Crippen molar-refractivity contribution in [2.75, 3.05) is 0 Å². The topological polar surface area (TPSA) is 25.8 Å². The summed E-state index contributed by atoms with van der Waals surface area (Å²) in [6.07, 6.45) is 1.85. The number of aromatic nitrogens is 2. The van der Waals surface area contributed by atoms with Gasteiger partial charge >= 0.3 is 0 Å². The molecule has 0 aliphatic rings. The maximum absolute atomic E-state index is 4.93. The largest absolute Gasteiger partial charge is 0.252 e. The first-order chi connectivity index (χ1) is 11.9. The van der Waals surface area contributed by atoms with Gasteiger partial charge < -0.3 is 0 Å². The van der Waals surface area contributed by atoms with Crippen molar-refractivity contribution in [2.45, 2.75) is 0 Å². The van der Waals surface area contributed by atoms with Crippen LogP contribution in [0.4, 0.5) is 0 Å². The molecule has 4 aromatic rings. The quantitative estimate of drug-likeness (QED) is 0.373. The van der Waals surface area contributed by atoms with Gasteiger partial charge in [-0.25, -0.2) is 4.98 Å². The minimum absolute atomic E-state index is 0. The van der Waals surface area contributed by atoms with Crippen molar-refractivity contribution in [3.63, 3.8) is 0 Å². The van der Waals surface area contributed by atoms with E-state index in [-0.39, 0.29) is 20.1 Å². The van der Waals surface area contributed by atoms with Crippen molar-refractivity contribution >= 4 is 0 Å². The molecule has 3 heteroatoms. The Kier molecular flexibility index (Phi) is 5.49. The molecule has 1 radical (unpaired) electrons. The maximum atomic E-state index is 4.93. The average Bonchev–Trinajstić information content (AvgIpc) is 2.69. The molecule has 4 rings (SSSR count). The fourth-order valence-corrected chi connectivity index (χ4v) is 2.74. The predicted molar refractivity (Wildman–Crippen MR) is 98.3 cm³/mol. The molecule has 0 amide bonds. The van der Waals surface area contributed by atoms with Gasteiger partial charge in [0.15, 0.2) is 0 Å². The second-order valence-electron chi connectivity index (χ2n) is 5.55. The second kappa shape index (κ2) is 7.98. The summed E-state index contributed by atoms with van der Waals surface area (Å²) in [6, 6.07) is 30.6. The Morgan fingerprint density at radius 3 is 1.44 bits per heavy atom. The Balaban J connectivity index is 0.00000182. The van der Waals surface area contributed by atoms with Crippen LogP contribution < -0.4 is 0 Å². The molecule has 1 heterocycles. The predicted octanol–water partition coefficient (Wildman–Crippen LogP) is 5.48. The first-order valence-corrected chi connectivity index (χ1v) is 7.95. The van der Waals surface area contributed by atoms with E-state index in [1.165, 1.54) is 0 Å². The van der Waals surface area contributed by atoms with Crippen LogP contribution in [0.3, 0.4) is 0 Å². The number of hydrogen-bond donors (Lipinski definition) is 0. The molecule has 0 N–H and O–H groups in total. The number of benzene rings is 3. The second-order valence-corrected chi connectivity index (χ2v) is 5.55. The van der Waals surface area contributed by atoms with Gasteiger partial charge in [-0.2, -0.15) is 0 Å². The molecule has 0 saturated heterocycles. The van der Waals surface area contributed by atoms with Crippen LogP contribution in [0.25, 0.3) is 33.8 Å². The van der Waals surface area contributed by atoms with Crippen molar-refractivity contribution in [1.29, 1.82) is 0 Å². The zero-order chi connectivity index (χ0) is 16.2. The summed E-state index contributed by atoms with van der Waals surface area (Å²) >= 11 is 0. The fraction of sp³-hybridized carbons (Fsp3) is 0. The first-order valence-electron chi connectivity index (χ1n) is 7.95. The Bertz CT molecular complexity index is 939. The van der Waals surface area contributed by atoms with Crippen LogP contribution in [0.5, 0.6) is 0 Å². The SMILES string of the molecule is [Ir].c1ccc(-c2cnc(-c3ccccc3)c(-c3ccccc3)n2)cc1. The summed E-state index contributed by atoms with van der Waals surface area (Å²) in [5.74, 6) is 0. The van der Waals surface area contributed by atoms with Crippen LogP contribution in [-0.2, 0) is 20.1 Å². The van der Waals surface area contributed by atoms with E-state index in [0.717, 1.165) is 33.8 Å². The summed E-state index contributed by atoms with van der Waals surface area (Å²) in [5.41, 5.74) is 5.91. The number of hydrogen-bond acceptors (Lipinski definition) is 2. The van der Waals surface area contributed by atoms with Crippen LogP contribution in [-0.4, -0.2) is 9.97 Å². The molecular weight excluding hydrogens is 484 g/mol. The first kappa shape index (κ1) is 17.2. The standard InChI is InChI=1S/C22H16N2.Ir/c1-4-10-17(11-5-1)20-16-23-21(18-12-6-2-7-13-18)22(24-20)19-14-8-3-9-15-19;/h1-16H;. The minimum Gasteiger partial charge on any atom is -0.252 e. The van der Waals surface area contributed by atoms with E-state index in [4.69, 9.17) is 9.97 Å². The van der Waals surface area contributed by atoms with E-state index in [1.54, 1.807) is 0 Å². The molecule has 0 atom stereocenters. The molecule has 0 bridgehead atoms. The van der Waals surface area contributed by atoms with Crippen LogP contribution >= 0.6 is 0 Å². The molecule has 123 valence electrons. The third kappa shape index (κ3) is 3.74. The van der Waals surface area contributed by atoms with Crippen LogP contribution in [0, 0.1) is 0 Å². The Morgan fingerprint density at radius 2 is 0.920 bits per heavy atom. The van der Waals surface area contributed by atoms with E-state index in [1.807, 2.05) is 60.8 Å². The molecule has 3 aromatic carbocycles. The molecule has 0 spiro atoms. The van der Waals surface area contributed by atoms with Gasteiger partial charge in [-0.05, 0) is 0 Å². The van der Waals surface area contributed by atoms with Crippen LogP contribution in [0.1, 0.15) is 0 Å². The van der Waals surface area contributed by atoms with Gasteiger partial charge in [-0.3, -0.25) is 4.98 Å². The normalized spacial score (nSPS) is 10.1. The van der Waals surface area contributed by atoms with Crippen molar-refractivity contribution in [1.82, 2.24) is 9.97 Å². The number of nitrogens with zero attached hydrogens (tertiary/aromatic N) is 2. The summed E-state index contributed by atoms with van der Waals surface area (Å²) in [7, 11) is 0. The van der Waals surface area contributed by atoms with Gasteiger partial charge in [-0.1, -0.05) is 91.0 Å². The molecule has 0 saturated carbocycles. The van der Waals surface area contributed by atoms with E-state index in [0.29, 0.717) is 0 Å². The fourth-order valence-electron chi connectivity index (χ4n) is 2.74. The maximum Gasteiger partial charge on any atom is 0.0972 e. The summed E-state index contributed by atoms with van der Waals surface area (Å²) in [6.45, 7) is 0. The average molecular weight is 501 g/mol. The van der Waals surface area contributed by atoms with Crippen LogP contribution in [0.15, 0.2) is 97.2 Å². The van der Waals surface area contributed by atoms with E-state index in [9.17, 15) is 0 Å². The summed E-state index contributed by atoms with van der Waals surface area (Å²) in [5, 5.41) is 0. The van der Waals surface area contributed by atoms with Gasteiger partial charge in [-0.15, -0.1) is 0 Å². The van der Waals surface area contributed by atoms with Crippen molar-refractivity contribution in [3.8, 4) is 33.8 Å². The molecule has 0 aliphatic carbocycles. The monoisotopic (exact) mass is 501 g/mol. The molecule has 0 aliphatic heterocycles. The molecule has 0 fully saturated rings. The van der Waals surface area contributed by atoms with Crippen LogP contribution in [0.2, 0.25) is 0 Å². The third-order valence-electron chi connectivity index (χ3n) is 3.94. The van der Waals surface area contributed by atoms with Gasteiger partial charge in [0.1, 0.15) is 0 Å². The summed E-state index contributed by atoms with van der Waals surface area (Å²) in [4.78, 5) is 9.67. The van der Waals surface area contributed by atoms with Gasteiger partial charge in [0, 0.05) is 36.8 Å². The molecule has 2 nitrogen and oxygen atoms in total. The summed E-state index contributed by atoms with van der Waals surface area (Å²) < 4.78 is 0. The molecule has 25 heavy (non-hydrogen) atoms. The zero-order valence-electron chi connectivity index (χ0n) is 13.5. The van der Waals surface area contributed by atoms with E-state index in [2.05, 4.69) is 36.4 Å². The van der Waals surface area contributed by atoms with E-state index >= 15 is 0 Å². The molecule has 0 unspecified atom stereocenters. The smallest absolute Gasteiger partial charge is 0.0972 e. The van der Waals surface area contributed by atoms with E-state index < -0.39 is 0 Å². The molecule has 1 aromatic heterocycles. The van der Waals surface area contributed by atoms with Gasteiger partial charge in [0.2, 0.25) is 0 Å². The molecular formula is C22H16IrN2. The van der Waals surface area contributed by atoms with Gasteiger partial charge in [0.25, 0.3) is 0 Å². The zero-order valence-corrected chi connectivity index (χ0v) is 15.9. The number of rotatable bonds is 3. The Hall–Kier alpha value is -2.61. The third-order valence-corrected chi connectivity index (χ3v) is 3.94.